The van der Waals surface area contributed by atoms with E-state index in [2.05, 4.69) is 9.97 Å². The van der Waals surface area contributed by atoms with Gasteiger partial charge in [-0.25, -0.2) is 4.98 Å². The Hall–Kier alpha value is -1.34. The summed E-state index contributed by atoms with van der Waals surface area (Å²) in [5.41, 5.74) is 1.12. The molecule has 26 heavy (non-hydrogen) atoms. The quantitative estimate of drug-likeness (QED) is 0.616. The second-order valence-corrected chi connectivity index (χ2v) is 9.87. The summed E-state index contributed by atoms with van der Waals surface area (Å²) in [5.74, 6) is 0.0771. The number of rotatable bonds is 5. The van der Waals surface area contributed by atoms with Gasteiger partial charge in [0.05, 0.1) is 10.6 Å². The summed E-state index contributed by atoms with van der Waals surface area (Å²) in [5, 5.41) is 1.00. The van der Waals surface area contributed by atoms with Crippen LogP contribution in [-0.4, -0.2) is 38.1 Å². The van der Waals surface area contributed by atoms with Crippen molar-refractivity contribution in [2.45, 2.75) is 82.8 Å². The van der Waals surface area contributed by atoms with E-state index >= 15 is 0 Å². The summed E-state index contributed by atoms with van der Waals surface area (Å²) in [6, 6.07) is 0.285. The van der Waals surface area contributed by atoms with Crippen molar-refractivity contribution >= 4 is 39.2 Å². The second-order valence-electron chi connectivity index (χ2n) is 7.46. The predicted molar refractivity (Wildman–Crippen MR) is 109 cm³/mol. The van der Waals surface area contributed by atoms with Crippen LogP contribution in [-0.2, 0) is 17.6 Å². The van der Waals surface area contributed by atoms with Crippen molar-refractivity contribution in [3.8, 4) is 0 Å². The number of aromatic amines is 1. The van der Waals surface area contributed by atoms with Crippen LogP contribution in [0.1, 0.15) is 57.9 Å². The summed E-state index contributed by atoms with van der Waals surface area (Å²) in [6.07, 6.45) is 4.34. The van der Waals surface area contributed by atoms with Crippen LogP contribution in [0.4, 0.5) is 0 Å². The largest absolute Gasteiger partial charge is 0.337 e. The highest BCUT2D eigenvalue weighted by Crippen LogP contribution is 2.34. The van der Waals surface area contributed by atoms with Crippen LogP contribution in [0.15, 0.2) is 9.95 Å². The minimum Gasteiger partial charge on any atom is -0.337 e. The molecule has 0 bridgehead atoms. The fourth-order valence-corrected chi connectivity index (χ4v) is 5.91. The van der Waals surface area contributed by atoms with Crippen LogP contribution in [0.2, 0.25) is 0 Å². The summed E-state index contributed by atoms with van der Waals surface area (Å²) in [6.45, 7) is 9.99. The Bertz CT molecular complexity index is 862. The second kappa shape index (κ2) is 7.72. The van der Waals surface area contributed by atoms with Gasteiger partial charge in [-0.3, -0.25) is 9.59 Å². The van der Waals surface area contributed by atoms with Crippen LogP contribution < -0.4 is 5.56 Å². The number of aromatic nitrogens is 2. The third-order valence-corrected chi connectivity index (χ3v) is 6.96. The Morgan fingerprint density at radius 1 is 1.15 bits per heavy atom. The molecule has 1 amide bonds. The fourth-order valence-electron chi connectivity index (χ4n) is 3.73. The third kappa shape index (κ3) is 3.69. The van der Waals surface area contributed by atoms with Gasteiger partial charge in [-0.2, -0.15) is 0 Å². The van der Waals surface area contributed by atoms with Crippen LogP contribution >= 0.6 is 23.1 Å². The minimum atomic E-state index is -0.296. The van der Waals surface area contributed by atoms with Gasteiger partial charge in [0.15, 0.2) is 5.16 Å². The summed E-state index contributed by atoms with van der Waals surface area (Å²) in [4.78, 5) is 37.0. The fraction of sp³-hybridized carbons (Fsp3) is 0.632. The molecule has 1 atom stereocenters. The molecule has 142 valence electrons. The zero-order valence-electron chi connectivity index (χ0n) is 16.1. The Morgan fingerprint density at radius 2 is 1.81 bits per heavy atom. The van der Waals surface area contributed by atoms with E-state index in [-0.39, 0.29) is 28.8 Å². The number of nitrogens with one attached hydrogen (secondary N) is 1. The molecule has 0 saturated carbocycles. The molecule has 0 radical (unpaired) electrons. The number of thioether (sulfide) groups is 1. The van der Waals surface area contributed by atoms with Crippen molar-refractivity contribution in [3.63, 3.8) is 0 Å². The smallest absolute Gasteiger partial charge is 0.260 e. The zero-order valence-corrected chi connectivity index (χ0v) is 17.7. The summed E-state index contributed by atoms with van der Waals surface area (Å²) >= 11 is 2.98. The molecule has 1 N–H and O–H groups in total. The normalized spacial score (nSPS) is 15.5. The monoisotopic (exact) mass is 393 g/mol. The lowest BCUT2D eigenvalue weighted by Gasteiger charge is -2.32. The first-order valence-corrected chi connectivity index (χ1v) is 11.0. The van der Waals surface area contributed by atoms with Crippen molar-refractivity contribution in [2.24, 2.45) is 0 Å². The Balaban J connectivity index is 1.87. The maximum Gasteiger partial charge on any atom is 0.260 e. The van der Waals surface area contributed by atoms with E-state index in [1.165, 1.54) is 28.6 Å². The number of hydrogen-bond donors (Lipinski definition) is 1. The molecule has 1 aliphatic carbocycles. The number of carbonyl (C=O) groups is 1. The van der Waals surface area contributed by atoms with E-state index in [0.29, 0.717) is 5.16 Å². The van der Waals surface area contributed by atoms with Gasteiger partial charge in [0, 0.05) is 17.0 Å². The van der Waals surface area contributed by atoms with E-state index in [9.17, 15) is 9.59 Å². The highest BCUT2D eigenvalue weighted by atomic mass is 32.2. The number of aryl methyl sites for hydroxylation is 2. The minimum absolute atomic E-state index is 0.0684. The van der Waals surface area contributed by atoms with E-state index in [1.54, 1.807) is 11.3 Å². The molecule has 5 nitrogen and oxygen atoms in total. The van der Waals surface area contributed by atoms with Gasteiger partial charge in [-0.15, -0.1) is 11.3 Å². The highest BCUT2D eigenvalue weighted by Gasteiger charge is 2.27. The topological polar surface area (TPSA) is 66.1 Å². The number of thiophene rings is 1. The summed E-state index contributed by atoms with van der Waals surface area (Å²) in [7, 11) is 0. The molecule has 0 unspecified atom stereocenters. The standard InChI is InChI=1S/C19H27N3O2S2/c1-10(2)22(11(3)4)18(24)12(5)25-19-20-16(23)15-13-8-6-7-9-14(13)26-17(15)21-19/h10-12H,6-9H2,1-5H3,(H,20,21,23)/t12-/m1/s1. The van der Waals surface area contributed by atoms with Crippen molar-refractivity contribution in [2.75, 3.05) is 0 Å². The molecule has 0 fully saturated rings. The molecule has 0 saturated heterocycles. The van der Waals surface area contributed by atoms with Crippen LogP contribution in [0, 0.1) is 0 Å². The van der Waals surface area contributed by atoms with E-state index in [0.717, 1.165) is 29.5 Å². The molecule has 0 aliphatic heterocycles. The maximum atomic E-state index is 12.8. The molecule has 0 aromatic carbocycles. The molecule has 0 spiro atoms. The average molecular weight is 394 g/mol. The van der Waals surface area contributed by atoms with Gasteiger partial charge in [-0.1, -0.05) is 11.8 Å². The number of nitrogens with zero attached hydrogens (tertiary/aromatic N) is 2. The first kappa shape index (κ1) is 19.4. The molecule has 2 heterocycles. The van der Waals surface area contributed by atoms with Crippen LogP contribution in [0.5, 0.6) is 0 Å². The number of H-pyrrole nitrogens is 1. The van der Waals surface area contributed by atoms with Gasteiger partial charge in [0.1, 0.15) is 4.83 Å². The summed E-state index contributed by atoms with van der Waals surface area (Å²) < 4.78 is 0. The van der Waals surface area contributed by atoms with E-state index in [1.807, 2.05) is 39.5 Å². The predicted octanol–water partition coefficient (Wildman–Crippen LogP) is 3.99. The van der Waals surface area contributed by atoms with Crippen molar-refractivity contribution in [1.29, 1.82) is 0 Å². The lowest BCUT2D eigenvalue weighted by Crippen LogP contribution is -2.45. The third-order valence-electron chi connectivity index (χ3n) is 4.81. The van der Waals surface area contributed by atoms with Crippen LogP contribution in [0.25, 0.3) is 10.2 Å². The number of carbonyl (C=O) groups excluding carboxylic acids is 1. The molecule has 3 rings (SSSR count). The van der Waals surface area contributed by atoms with Gasteiger partial charge in [0.25, 0.3) is 5.56 Å². The highest BCUT2D eigenvalue weighted by molar-refractivity contribution is 8.00. The van der Waals surface area contributed by atoms with Crippen LogP contribution in [0.3, 0.4) is 0 Å². The Morgan fingerprint density at radius 3 is 2.46 bits per heavy atom. The molecule has 2 aromatic rings. The van der Waals surface area contributed by atoms with Gasteiger partial charge in [0.2, 0.25) is 5.91 Å². The molecular weight excluding hydrogens is 366 g/mol. The molecule has 1 aliphatic rings. The van der Waals surface area contributed by atoms with Crippen molar-refractivity contribution < 1.29 is 4.79 Å². The lowest BCUT2D eigenvalue weighted by molar-refractivity contribution is -0.133. The number of amides is 1. The number of hydrogen-bond acceptors (Lipinski definition) is 5. The first-order chi connectivity index (χ1) is 12.3. The molecular formula is C19H27N3O2S2. The number of fused-ring (bicyclic) bond motifs is 3. The van der Waals surface area contributed by atoms with E-state index < -0.39 is 0 Å². The SMILES string of the molecule is CC(C)N(C(=O)[C@@H](C)Sc1nc2sc3c(c2c(=O)[nH]1)CCCC3)C(C)C. The molecule has 2 aromatic heterocycles. The van der Waals surface area contributed by atoms with E-state index in [4.69, 9.17) is 0 Å². The Kier molecular flexibility index (Phi) is 5.77. The van der Waals surface area contributed by atoms with Crippen molar-refractivity contribution in [3.05, 3.63) is 20.8 Å². The average Bonchev–Trinajstić information content (AvgIpc) is 2.92. The molecule has 7 heteroatoms. The van der Waals surface area contributed by atoms with Gasteiger partial charge < -0.3 is 9.88 Å². The Labute approximate surface area is 162 Å². The maximum absolute atomic E-state index is 12.8. The van der Waals surface area contributed by atoms with Gasteiger partial charge in [-0.05, 0) is 65.9 Å². The first-order valence-electron chi connectivity index (χ1n) is 9.33. The zero-order chi connectivity index (χ0) is 19.0. The van der Waals surface area contributed by atoms with Crippen molar-refractivity contribution in [1.82, 2.24) is 14.9 Å². The lowest BCUT2D eigenvalue weighted by atomic mass is 9.97. The van der Waals surface area contributed by atoms with Gasteiger partial charge >= 0.3 is 0 Å².